The van der Waals surface area contributed by atoms with Gasteiger partial charge in [-0.1, -0.05) is 0 Å². The third kappa shape index (κ3) is 1.88. The number of carboxylic acid groups (broad SMARTS) is 1. The van der Waals surface area contributed by atoms with Gasteiger partial charge in [0.1, 0.15) is 5.83 Å². The van der Waals surface area contributed by atoms with E-state index < -0.39 is 16.9 Å². The molecule has 0 amide bonds. The molecule has 56 valence electrons. The highest BCUT2D eigenvalue weighted by atomic mass is 32.2. The number of carbonyl (C=O) groups is 1. The predicted octanol–water partition coefficient (Wildman–Crippen LogP) is 1.41. The van der Waals surface area contributed by atoms with Gasteiger partial charge in [-0.2, -0.15) is 10.9 Å². The van der Waals surface area contributed by atoms with E-state index in [0.29, 0.717) is 0 Å². The summed E-state index contributed by atoms with van der Waals surface area (Å²) in [4.78, 5) is 10.1. The molecule has 10 heavy (non-hydrogen) atoms. The van der Waals surface area contributed by atoms with E-state index in [2.05, 4.69) is 0 Å². The van der Waals surface area contributed by atoms with Gasteiger partial charge in [0.05, 0.1) is 5.75 Å². The molecule has 1 atom stereocenters. The zero-order chi connectivity index (χ0) is 7.56. The molecule has 0 fully saturated rings. The van der Waals surface area contributed by atoms with Gasteiger partial charge in [-0.15, -0.1) is 0 Å². The summed E-state index contributed by atoms with van der Waals surface area (Å²) in [6, 6.07) is 0. The van der Waals surface area contributed by atoms with Crippen LogP contribution in [0.2, 0.25) is 0 Å². The second-order valence-corrected chi connectivity index (χ2v) is 3.80. The van der Waals surface area contributed by atoms with Crippen LogP contribution in [0.3, 0.4) is 0 Å². The molecule has 0 radical (unpaired) electrons. The number of halogens is 1. The van der Waals surface area contributed by atoms with Crippen molar-refractivity contribution in [3.63, 3.8) is 0 Å². The quantitative estimate of drug-likeness (QED) is 0.602. The lowest BCUT2D eigenvalue weighted by molar-refractivity contribution is -0.133. The minimum atomic E-state index is -0.873. The predicted molar refractivity (Wildman–Crippen MR) is 39.8 cm³/mol. The van der Waals surface area contributed by atoms with Crippen LogP contribution in [0.5, 0.6) is 0 Å². The van der Waals surface area contributed by atoms with Crippen LogP contribution in [-0.2, 0) is 4.79 Å². The molecule has 0 saturated heterocycles. The molecular formula is C6H7FO2S. The Labute approximate surface area is 60.4 Å². The van der Waals surface area contributed by atoms with Gasteiger partial charge in [0, 0.05) is 0 Å². The van der Waals surface area contributed by atoms with Gasteiger partial charge in [-0.25, -0.2) is 4.39 Å². The van der Waals surface area contributed by atoms with Gasteiger partial charge in [-0.3, -0.25) is 4.79 Å². The summed E-state index contributed by atoms with van der Waals surface area (Å²) in [6.07, 6.45) is 1.31. The van der Waals surface area contributed by atoms with Crippen LogP contribution < -0.4 is 0 Å². The van der Waals surface area contributed by atoms with Crippen LogP contribution in [0, 0.1) is 0 Å². The van der Waals surface area contributed by atoms with Gasteiger partial charge in [0.15, 0.2) is 0 Å². The molecule has 0 aromatic heterocycles. The summed E-state index contributed by atoms with van der Waals surface area (Å²) in [7, 11) is -0.841. The van der Waals surface area contributed by atoms with E-state index in [1.54, 1.807) is 5.41 Å². The van der Waals surface area contributed by atoms with Crippen LogP contribution in [0.1, 0.15) is 0 Å². The molecule has 1 rings (SSSR count). The number of hydrogen-bond acceptors (Lipinski definition) is 1. The average molecular weight is 162 g/mol. The summed E-state index contributed by atoms with van der Waals surface area (Å²) in [6.45, 7) is 0. The second-order valence-electron chi connectivity index (χ2n) is 1.90. The van der Waals surface area contributed by atoms with E-state index in [4.69, 9.17) is 5.11 Å². The zero-order valence-corrected chi connectivity index (χ0v) is 6.01. The lowest BCUT2D eigenvalue weighted by Crippen LogP contribution is -1.99. The maximum Gasteiger partial charge on any atom is 0.312 e. The van der Waals surface area contributed by atoms with Crippen molar-refractivity contribution in [2.24, 2.45) is 0 Å². The fraction of sp³-hybridized carbons (Fsp3) is 0.167. The Balaban J connectivity index is 2.47. The summed E-state index contributed by atoms with van der Waals surface area (Å²) in [5.41, 5.74) is 0. The van der Waals surface area contributed by atoms with E-state index in [0.717, 1.165) is 0 Å². The molecule has 0 aromatic rings. The summed E-state index contributed by atoms with van der Waals surface area (Å²) in [5.74, 6) is -1.15. The number of allylic oxidation sites excluding steroid dienone is 2. The zero-order valence-electron chi connectivity index (χ0n) is 5.12. The van der Waals surface area contributed by atoms with Gasteiger partial charge in [0.2, 0.25) is 0 Å². The molecule has 1 unspecified atom stereocenters. The van der Waals surface area contributed by atoms with Crippen LogP contribution >= 0.6 is 10.9 Å². The highest BCUT2D eigenvalue weighted by Gasteiger charge is 2.08. The first-order chi connectivity index (χ1) is 4.68. The van der Waals surface area contributed by atoms with Crippen molar-refractivity contribution in [2.75, 3.05) is 5.75 Å². The molecule has 1 N–H and O–H groups in total. The molecule has 0 bridgehead atoms. The lowest BCUT2D eigenvalue weighted by Gasteiger charge is -2.02. The van der Waals surface area contributed by atoms with Crippen LogP contribution in [-0.4, -0.2) is 16.8 Å². The topological polar surface area (TPSA) is 37.3 Å². The number of hydrogen-bond donors (Lipinski definition) is 2. The van der Waals surface area contributed by atoms with Crippen molar-refractivity contribution in [1.82, 2.24) is 0 Å². The standard InChI is InChI=1S/C6H7FO2S/c7-5-1-2-10(3-5)4-6(8)9/h1-3,10H,4H2,(H,8,9). The minimum absolute atomic E-state index is 0.0409. The van der Waals surface area contributed by atoms with E-state index >= 15 is 0 Å². The van der Waals surface area contributed by atoms with E-state index in [-0.39, 0.29) is 11.6 Å². The number of rotatable bonds is 2. The van der Waals surface area contributed by atoms with E-state index in [1.807, 2.05) is 0 Å². The van der Waals surface area contributed by atoms with Crippen LogP contribution in [0.4, 0.5) is 4.39 Å². The second kappa shape index (κ2) is 2.88. The van der Waals surface area contributed by atoms with Crippen molar-refractivity contribution in [2.45, 2.75) is 0 Å². The summed E-state index contributed by atoms with van der Waals surface area (Å²) in [5, 5.41) is 11.3. The Morgan fingerprint density at radius 1 is 1.80 bits per heavy atom. The molecule has 0 spiro atoms. The molecular weight excluding hydrogens is 155 g/mol. The Morgan fingerprint density at radius 2 is 2.50 bits per heavy atom. The van der Waals surface area contributed by atoms with Crippen LogP contribution in [0.25, 0.3) is 0 Å². The van der Waals surface area contributed by atoms with Crippen molar-refractivity contribution in [3.05, 3.63) is 22.7 Å². The fourth-order valence-electron chi connectivity index (χ4n) is 0.666. The minimum Gasteiger partial charge on any atom is -0.481 e. The first kappa shape index (κ1) is 7.34. The van der Waals surface area contributed by atoms with Crippen molar-refractivity contribution >= 4 is 16.9 Å². The lowest BCUT2D eigenvalue weighted by atomic mass is 10.6. The van der Waals surface area contributed by atoms with Gasteiger partial charge >= 0.3 is 5.97 Å². The first-order valence-electron chi connectivity index (χ1n) is 2.71. The van der Waals surface area contributed by atoms with E-state index in [9.17, 15) is 9.18 Å². The summed E-state index contributed by atoms with van der Waals surface area (Å²) >= 11 is 0. The maximum absolute atomic E-state index is 12.2. The SMILES string of the molecule is O=C(O)C[SH]1C=CC(F)=C1. The van der Waals surface area contributed by atoms with Gasteiger partial charge in [0.25, 0.3) is 0 Å². The Bertz CT molecular complexity index is 210. The largest absolute Gasteiger partial charge is 0.481 e. The number of thiol groups is 1. The average Bonchev–Trinajstić information content (AvgIpc) is 2.13. The monoisotopic (exact) mass is 162 g/mol. The van der Waals surface area contributed by atoms with Crippen LogP contribution in [0.15, 0.2) is 22.7 Å². The molecule has 0 aliphatic carbocycles. The van der Waals surface area contributed by atoms with Crippen molar-refractivity contribution < 1.29 is 14.3 Å². The Kier molecular flexibility index (Phi) is 2.11. The maximum atomic E-state index is 12.2. The fourth-order valence-corrected chi connectivity index (χ4v) is 2.00. The molecule has 1 aliphatic rings. The number of carboxylic acids is 1. The molecule has 1 aliphatic heterocycles. The van der Waals surface area contributed by atoms with Gasteiger partial charge in [-0.05, 0) is 16.9 Å². The Hall–Kier alpha value is -0.770. The van der Waals surface area contributed by atoms with Crippen molar-refractivity contribution in [1.29, 1.82) is 0 Å². The molecule has 0 aromatic carbocycles. The third-order valence-electron chi connectivity index (χ3n) is 1.03. The van der Waals surface area contributed by atoms with Crippen molar-refractivity contribution in [3.8, 4) is 0 Å². The molecule has 0 saturated carbocycles. The normalized spacial score (nSPS) is 26.5. The van der Waals surface area contributed by atoms with Gasteiger partial charge < -0.3 is 5.11 Å². The molecule has 1 heterocycles. The smallest absolute Gasteiger partial charge is 0.312 e. The molecule has 4 heteroatoms. The Morgan fingerprint density at radius 3 is 2.90 bits per heavy atom. The number of aliphatic carboxylic acids is 1. The molecule has 2 nitrogen and oxygen atoms in total. The van der Waals surface area contributed by atoms with E-state index in [1.165, 1.54) is 11.5 Å². The highest BCUT2D eigenvalue weighted by Crippen LogP contribution is 2.35. The first-order valence-corrected chi connectivity index (χ1v) is 4.38. The third-order valence-corrected chi connectivity index (χ3v) is 2.78. The summed E-state index contributed by atoms with van der Waals surface area (Å²) < 4.78 is 12.2. The highest BCUT2D eigenvalue weighted by molar-refractivity contribution is 8.22.